The van der Waals surface area contributed by atoms with Crippen LogP contribution in [0.25, 0.3) is 0 Å². The van der Waals surface area contributed by atoms with E-state index in [2.05, 4.69) is 91.7 Å². The van der Waals surface area contributed by atoms with Gasteiger partial charge in [0.25, 0.3) is 0 Å². The van der Waals surface area contributed by atoms with E-state index in [1.54, 1.807) is 0 Å². The highest BCUT2D eigenvalue weighted by Crippen LogP contribution is 2.26. The monoisotopic (exact) mass is 458 g/mol. The van der Waals surface area contributed by atoms with Crippen LogP contribution in [-0.4, -0.2) is 37.0 Å². The molecule has 2 aliphatic rings. The zero-order valence-corrected chi connectivity index (χ0v) is 20.8. The molecule has 2 aromatic rings. The molecule has 0 aromatic heterocycles. The van der Waals surface area contributed by atoms with Gasteiger partial charge in [-0.1, -0.05) is 65.7 Å². The minimum atomic E-state index is -0.125. The van der Waals surface area contributed by atoms with Crippen molar-refractivity contribution in [3.8, 4) is 0 Å². The zero-order valence-electron chi connectivity index (χ0n) is 20.8. The molecule has 0 bridgehead atoms. The molecular formula is C30H38N2O2. The molecule has 0 saturated carbocycles. The molecule has 0 unspecified atom stereocenters. The second-order valence-electron chi connectivity index (χ2n) is 9.76. The highest BCUT2D eigenvalue weighted by Gasteiger charge is 2.27. The Labute approximate surface area is 204 Å². The van der Waals surface area contributed by atoms with Gasteiger partial charge in [0.05, 0.1) is 6.04 Å². The third-order valence-corrected chi connectivity index (χ3v) is 7.07. The van der Waals surface area contributed by atoms with Crippen LogP contribution in [0.15, 0.2) is 72.0 Å². The van der Waals surface area contributed by atoms with E-state index in [1.807, 2.05) is 0 Å². The minimum Gasteiger partial charge on any atom is -0.492 e. The maximum absolute atomic E-state index is 13.3. The van der Waals surface area contributed by atoms with Crippen molar-refractivity contribution in [2.24, 2.45) is 5.92 Å². The average molecular weight is 459 g/mol. The second kappa shape index (κ2) is 11.5. The van der Waals surface area contributed by atoms with E-state index in [1.165, 1.54) is 16.7 Å². The fraction of sp³-hybridized carbons (Fsp3) is 0.433. The highest BCUT2D eigenvalue weighted by atomic mass is 16.5. The number of piperidine rings is 1. The van der Waals surface area contributed by atoms with Gasteiger partial charge in [-0.3, -0.25) is 9.69 Å². The molecule has 1 saturated heterocycles. The van der Waals surface area contributed by atoms with Crippen LogP contribution >= 0.6 is 0 Å². The van der Waals surface area contributed by atoms with Gasteiger partial charge in [0.1, 0.15) is 12.4 Å². The Morgan fingerprint density at radius 2 is 1.47 bits per heavy atom. The number of rotatable bonds is 8. The van der Waals surface area contributed by atoms with Crippen molar-refractivity contribution in [1.82, 2.24) is 10.2 Å². The summed E-state index contributed by atoms with van der Waals surface area (Å²) >= 11 is 0. The summed E-state index contributed by atoms with van der Waals surface area (Å²) in [4.78, 5) is 15.7. The number of benzene rings is 2. The van der Waals surface area contributed by atoms with E-state index in [0.29, 0.717) is 6.61 Å². The molecule has 4 nitrogen and oxygen atoms in total. The number of likely N-dealkylation sites (tertiary alicyclic amines) is 1. The van der Waals surface area contributed by atoms with Gasteiger partial charge < -0.3 is 10.1 Å². The Kier molecular flexibility index (Phi) is 8.23. The Balaban J connectivity index is 1.31. The smallest absolute Gasteiger partial charge is 0.223 e. The summed E-state index contributed by atoms with van der Waals surface area (Å²) in [5.41, 5.74) is 5.94. The van der Waals surface area contributed by atoms with Gasteiger partial charge >= 0.3 is 0 Å². The van der Waals surface area contributed by atoms with Gasteiger partial charge in [-0.2, -0.15) is 0 Å². The Hall–Kier alpha value is -2.85. The van der Waals surface area contributed by atoms with Crippen LogP contribution in [0, 0.1) is 19.8 Å². The van der Waals surface area contributed by atoms with Gasteiger partial charge in [0, 0.05) is 12.5 Å². The standard InChI is InChI=1S/C30H38N2O2/c1-22-8-12-25(13-9-22)29(26-14-10-23(2)11-15-26)31-30(33)27-16-18-32(19-17-27)20-21-34-28-7-5-4-6-24(28)3/h6-15,27,29H,4-5,16-21H2,1-3H3,(H,31,33). The molecule has 0 spiro atoms. The predicted molar refractivity (Wildman–Crippen MR) is 139 cm³/mol. The fourth-order valence-electron chi connectivity index (χ4n) is 4.79. The van der Waals surface area contributed by atoms with Crippen LogP contribution in [0.5, 0.6) is 0 Å². The number of ether oxygens (including phenoxy) is 1. The van der Waals surface area contributed by atoms with Crippen molar-refractivity contribution in [2.75, 3.05) is 26.2 Å². The maximum atomic E-state index is 13.3. The Morgan fingerprint density at radius 3 is 2.03 bits per heavy atom. The predicted octanol–water partition coefficient (Wildman–Crippen LogP) is 5.86. The molecule has 1 amide bonds. The first-order chi connectivity index (χ1) is 16.5. The number of nitrogens with zero attached hydrogens (tertiary/aromatic N) is 1. The summed E-state index contributed by atoms with van der Waals surface area (Å²) in [5, 5.41) is 3.37. The van der Waals surface area contributed by atoms with E-state index < -0.39 is 0 Å². The van der Waals surface area contributed by atoms with E-state index in [4.69, 9.17) is 4.74 Å². The molecule has 0 atom stereocenters. The lowest BCUT2D eigenvalue weighted by Crippen LogP contribution is -2.42. The molecule has 1 aliphatic carbocycles. The van der Waals surface area contributed by atoms with Crippen molar-refractivity contribution in [1.29, 1.82) is 0 Å². The third kappa shape index (κ3) is 6.38. The number of hydrogen-bond acceptors (Lipinski definition) is 3. The van der Waals surface area contributed by atoms with Crippen molar-refractivity contribution in [3.05, 3.63) is 94.3 Å². The lowest BCUT2D eigenvalue weighted by Gasteiger charge is -2.32. The van der Waals surface area contributed by atoms with Crippen LogP contribution in [0.3, 0.4) is 0 Å². The van der Waals surface area contributed by atoms with Gasteiger partial charge in [-0.15, -0.1) is 0 Å². The first-order valence-electron chi connectivity index (χ1n) is 12.7. The number of hydrogen-bond donors (Lipinski definition) is 1. The molecule has 4 rings (SSSR count). The first kappa shape index (κ1) is 24.3. The quantitative estimate of drug-likeness (QED) is 0.539. The summed E-state index contributed by atoms with van der Waals surface area (Å²) in [5.74, 6) is 1.26. The van der Waals surface area contributed by atoms with Crippen LogP contribution in [0.4, 0.5) is 0 Å². The van der Waals surface area contributed by atoms with E-state index in [9.17, 15) is 4.79 Å². The highest BCUT2D eigenvalue weighted by molar-refractivity contribution is 5.79. The zero-order chi connectivity index (χ0) is 23.9. The lowest BCUT2D eigenvalue weighted by atomic mass is 9.93. The summed E-state index contributed by atoms with van der Waals surface area (Å²) in [6.45, 7) is 9.79. The molecule has 1 N–H and O–H groups in total. The molecule has 1 aliphatic heterocycles. The van der Waals surface area contributed by atoms with Crippen LogP contribution in [0.1, 0.15) is 60.9 Å². The average Bonchev–Trinajstić information content (AvgIpc) is 2.85. The minimum absolute atomic E-state index is 0.0572. The SMILES string of the molecule is CC1=CCCC=C1OCCN1CCC(C(=O)NC(c2ccc(C)cc2)c2ccc(C)cc2)CC1. The van der Waals surface area contributed by atoms with E-state index >= 15 is 0 Å². The molecule has 0 radical (unpaired) electrons. The van der Waals surface area contributed by atoms with Gasteiger partial charge in [0.15, 0.2) is 0 Å². The van der Waals surface area contributed by atoms with Crippen LogP contribution in [-0.2, 0) is 9.53 Å². The molecular weight excluding hydrogens is 420 g/mol. The van der Waals surface area contributed by atoms with Crippen molar-refractivity contribution in [3.63, 3.8) is 0 Å². The topological polar surface area (TPSA) is 41.6 Å². The van der Waals surface area contributed by atoms with Crippen molar-refractivity contribution < 1.29 is 9.53 Å². The Bertz CT molecular complexity index is 967. The second-order valence-corrected chi connectivity index (χ2v) is 9.76. The summed E-state index contributed by atoms with van der Waals surface area (Å²) in [6, 6.07) is 16.8. The van der Waals surface area contributed by atoms with E-state index in [0.717, 1.165) is 62.2 Å². The van der Waals surface area contributed by atoms with E-state index in [-0.39, 0.29) is 17.9 Å². The maximum Gasteiger partial charge on any atom is 0.223 e. The fourth-order valence-corrected chi connectivity index (χ4v) is 4.79. The number of amides is 1. The van der Waals surface area contributed by atoms with Crippen molar-refractivity contribution >= 4 is 5.91 Å². The normalized spacial score (nSPS) is 17.3. The Morgan fingerprint density at radius 1 is 0.912 bits per heavy atom. The molecule has 180 valence electrons. The third-order valence-electron chi connectivity index (χ3n) is 7.07. The van der Waals surface area contributed by atoms with Gasteiger partial charge in [-0.25, -0.2) is 0 Å². The summed E-state index contributed by atoms with van der Waals surface area (Å²) in [7, 11) is 0. The number of carbonyl (C=O) groups excluding carboxylic acids is 1. The van der Waals surface area contributed by atoms with Crippen molar-refractivity contribution in [2.45, 2.75) is 52.5 Å². The summed E-state index contributed by atoms with van der Waals surface area (Å²) in [6.07, 6.45) is 8.41. The van der Waals surface area contributed by atoms with Crippen LogP contribution < -0.4 is 5.32 Å². The number of aryl methyl sites for hydroxylation is 2. The molecule has 1 heterocycles. The number of carbonyl (C=O) groups is 1. The number of allylic oxidation sites excluding steroid dienone is 3. The first-order valence-corrected chi connectivity index (χ1v) is 12.7. The lowest BCUT2D eigenvalue weighted by molar-refractivity contribution is -0.127. The molecule has 2 aromatic carbocycles. The largest absolute Gasteiger partial charge is 0.492 e. The molecule has 1 fully saturated rings. The number of nitrogens with one attached hydrogen (secondary N) is 1. The van der Waals surface area contributed by atoms with Crippen LogP contribution in [0.2, 0.25) is 0 Å². The molecule has 4 heteroatoms. The van der Waals surface area contributed by atoms with Gasteiger partial charge in [0.2, 0.25) is 5.91 Å². The molecule has 34 heavy (non-hydrogen) atoms. The van der Waals surface area contributed by atoms with Gasteiger partial charge in [-0.05, 0) is 82.3 Å². The summed E-state index contributed by atoms with van der Waals surface area (Å²) < 4.78 is 6.01.